The zero-order valence-corrected chi connectivity index (χ0v) is 14.6. The first-order chi connectivity index (χ1) is 13.3. The van der Waals surface area contributed by atoms with Gasteiger partial charge in [0.25, 0.3) is 5.91 Å². The quantitative estimate of drug-likeness (QED) is 0.622. The lowest BCUT2D eigenvalue weighted by atomic mass is 10.0. The summed E-state index contributed by atoms with van der Waals surface area (Å²) in [5, 5.41) is 2.65. The van der Waals surface area contributed by atoms with Gasteiger partial charge in [-0.05, 0) is 35.9 Å². The van der Waals surface area contributed by atoms with Crippen molar-refractivity contribution in [3.8, 4) is 0 Å². The number of hydrogen-bond acceptors (Lipinski definition) is 4. The molecule has 0 bridgehead atoms. The van der Waals surface area contributed by atoms with E-state index in [0.717, 1.165) is 12.1 Å². The number of rotatable bonds is 3. The van der Waals surface area contributed by atoms with E-state index >= 15 is 0 Å². The molecule has 2 heterocycles. The molecule has 2 aromatic rings. The van der Waals surface area contributed by atoms with Crippen molar-refractivity contribution in [3.63, 3.8) is 0 Å². The molecule has 1 amide bonds. The van der Waals surface area contributed by atoms with Crippen molar-refractivity contribution in [3.05, 3.63) is 70.9 Å². The summed E-state index contributed by atoms with van der Waals surface area (Å²) in [6.45, 7) is 0.419. The molecule has 1 aromatic carbocycles. The van der Waals surface area contributed by atoms with E-state index in [1.165, 1.54) is 18.5 Å². The van der Waals surface area contributed by atoms with Crippen LogP contribution in [0.25, 0.3) is 0 Å². The van der Waals surface area contributed by atoms with Crippen LogP contribution in [0.2, 0.25) is 0 Å². The summed E-state index contributed by atoms with van der Waals surface area (Å²) in [7, 11) is 0. The van der Waals surface area contributed by atoms with Gasteiger partial charge in [-0.15, -0.1) is 0 Å². The third-order valence-corrected chi connectivity index (χ3v) is 4.18. The molecule has 28 heavy (non-hydrogen) atoms. The first-order valence-corrected chi connectivity index (χ1v) is 8.36. The van der Waals surface area contributed by atoms with Crippen LogP contribution in [0.3, 0.4) is 0 Å². The summed E-state index contributed by atoms with van der Waals surface area (Å²) < 4.78 is 52.6. The first kappa shape index (κ1) is 19.5. The van der Waals surface area contributed by atoms with E-state index in [9.17, 15) is 22.4 Å². The maximum absolute atomic E-state index is 14.0. The number of piperidine rings is 1. The first-order valence-electron chi connectivity index (χ1n) is 8.36. The zero-order chi connectivity index (χ0) is 20.3. The van der Waals surface area contributed by atoms with Gasteiger partial charge in [0.1, 0.15) is 5.82 Å². The van der Waals surface area contributed by atoms with Crippen LogP contribution in [-0.4, -0.2) is 23.1 Å². The number of aliphatic imine (C=N–C) groups is 1. The van der Waals surface area contributed by atoms with E-state index in [2.05, 4.69) is 15.3 Å². The summed E-state index contributed by atoms with van der Waals surface area (Å²) in [6, 6.07) is 5.38. The van der Waals surface area contributed by atoms with E-state index in [-0.39, 0.29) is 23.5 Å². The number of nitrogens with one attached hydrogen (secondary N) is 1. The van der Waals surface area contributed by atoms with Crippen LogP contribution in [0.4, 0.5) is 23.2 Å². The maximum atomic E-state index is 14.0. The average Bonchev–Trinajstić information content (AvgIpc) is 2.63. The molecule has 0 atom stereocenters. The zero-order valence-electron chi connectivity index (χ0n) is 14.6. The Morgan fingerprint density at radius 2 is 2.04 bits per heavy atom. The minimum atomic E-state index is -4.56. The van der Waals surface area contributed by atoms with Crippen LogP contribution in [0.5, 0.6) is 0 Å². The molecular weight excluding hydrogens is 376 g/mol. The molecule has 0 saturated carbocycles. The van der Waals surface area contributed by atoms with Gasteiger partial charge in [-0.1, -0.05) is 0 Å². The highest BCUT2D eigenvalue weighted by atomic mass is 19.4. The molecular formula is C19H16F4N4O. The van der Waals surface area contributed by atoms with Gasteiger partial charge in [-0.3, -0.25) is 14.8 Å². The van der Waals surface area contributed by atoms with Crippen molar-refractivity contribution in [2.24, 2.45) is 10.7 Å². The standard InChI is InChI=1S/C19H16F4N4O/c20-16-2-1-12(19(21,22)23)7-11(16)8-14-9-13(3-5-25-14)27-17-4-6-26-18(28)15(17)10-24/h1-3,5,7,9-10H,4,6,8,24H2,(H,26,28)/b15-10+,27-17?. The van der Waals surface area contributed by atoms with E-state index < -0.39 is 17.6 Å². The highest BCUT2D eigenvalue weighted by Crippen LogP contribution is 2.31. The second-order valence-electron chi connectivity index (χ2n) is 6.13. The second-order valence-corrected chi connectivity index (χ2v) is 6.13. The fraction of sp³-hybridized carbons (Fsp3) is 0.211. The van der Waals surface area contributed by atoms with E-state index in [1.807, 2.05) is 0 Å². The monoisotopic (exact) mass is 392 g/mol. The molecule has 1 fully saturated rings. The van der Waals surface area contributed by atoms with Crippen LogP contribution in [0.1, 0.15) is 23.2 Å². The van der Waals surface area contributed by atoms with Crippen LogP contribution in [0, 0.1) is 5.82 Å². The molecule has 1 aliphatic heterocycles. The van der Waals surface area contributed by atoms with Gasteiger partial charge in [0.15, 0.2) is 0 Å². The van der Waals surface area contributed by atoms with Crippen LogP contribution in [0.15, 0.2) is 53.3 Å². The van der Waals surface area contributed by atoms with Crippen molar-refractivity contribution in [1.29, 1.82) is 0 Å². The van der Waals surface area contributed by atoms with Crippen LogP contribution >= 0.6 is 0 Å². The lowest BCUT2D eigenvalue weighted by molar-refractivity contribution is -0.137. The number of aromatic nitrogens is 1. The molecule has 5 nitrogen and oxygen atoms in total. The minimum absolute atomic E-state index is 0.119. The molecule has 146 valence electrons. The molecule has 3 N–H and O–H groups in total. The Bertz CT molecular complexity index is 967. The summed E-state index contributed by atoms with van der Waals surface area (Å²) in [5.74, 6) is -1.07. The predicted octanol–water partition coefficient (Wildman–Crippen LogP) is 3.27. The molecule has 3 rings (SSSR count). The Hall–Kier alpha value is -3.23. The van der Waals surface area contributed by atoms with Gasteiger partial charge < -0.3 is 11.1 Å². The molecule has 0 spiro atoms. The Morgan fingerprint density at radius 1 is 1.25 bits per heavy atom. The normalized spacial score (nSPS) is 17.8. The SMILES string of the molecule is N/C=C1/C(=O)NCCC1=Nc1ccnc(Cc2cc(C(F)(F)F)ccc2F)c1. The Kier molecular flexibility index (Phi) is 5.43. The van der Waals surface area contributed by atoms with Gasteiger partial charge in [0.05, 0.1) is 22.5 Å². The fourth-order valence-electron chi connectivity index (χ4n) is 2.81. The van der Waals surface area contributed by atoms with Crippen molar-refractivity contribution in [1.82, 2.24) is 10.3 Å². The Labute approximate surface area is 158 Å². The second kappa shape index (κ2) is 7.79. The number of pyridine rings is 1. The van der Waals surface area contributed by atoms with E-state index in [4.69, 9.17) is 5.73 Å². The molecule has 1 aromatic heterocycles. The Morgan fingerprint density at radius 3 is 2.75 bits per heavy atom. The molecule has 9 heteroatoms. The summed E-state index contributed by atoms with van der Waals surface area (Å²) in [6.07, 6.45) is -1.61. The average molecular weight is 392 g/mol. The van der Waals surface area contributed by atoms with E-state index in [1.54, 1.807) is 6.07 Å². The summed E-state index contributed by atoms with van der Waals surface area (Å²) >= 11 is 0. The highest BCUT2D eigenvalue weighted by Gasteiger charge is 2.31. The molecule has 0 radical (unpaired) electrons. The third kappa shape index (κ3) is 4.36. The third-order valence-electron chi connectivity index (χ3n) is 4.18. The number of carbonyl (C=O) groups excluding carboxylic acids is 1. The number of benzene rings is 1. The van der Waals surface area contributed by atoms with Gasteiger partial charge in [0, 0.05) is 37.5 Å². The lowest BCUT2D eigenvalue weighted by Gasteiger charge is -2.17. The largest absolute Gasteiger partial charge is 0.416 e. The number of alkyl halides is 3. The highest BCUT2D eigenvalue weighted by molar-refractivity contribution is 6.23. The van der Waals surface area contributed by atoms with Gasteiger partial charge >= 0.3 is 6.18 Å². The number of amides is 1. The molecule has 1 aliphatic rings. The smallest absolute Gasteiger partial charge is 0.404 e. The summed E-state index contributed by atoms with van der Waals surface area (Å²) in [4.78, 5) is 20.3. The molecule has 1 saturated heterocycles. The predicted molar refractivity (Wildman–Crippen MR) is 95.4 cm³/mol. The molecule has 0 aliphatic carbocycles. The van der Waals surface area contributed by atoms with Gasteiger partial charge in [0.2, 0.25) is 0 Å². The van der Waals surface area contributed by atoms with Gasteiger partial charge in [-0.2, -0.15) is 13.2 Å². The number of nitrogens with two attached hydrogens (primary N) is 1. The van der Waals surface area contributed by atoms with Crippen molar-refractivity contribution in [2.75, 3.05) is 6.54 Å². The summed E-state index contributed by atoms with van der Waals surface area (Å²) in [5.41, 5.74) is 5.99. The van der Waals surface area contributed by atoms with Crippen LogP contribution < -0.4 is 11.1 Å². The van der Waals surface area contributed by atoms with E-state index in [0.29, 0.717) is 36.1 Å². The van der Waals surface area contributed by atoms with Crippen molar-refractivity contribution >= 4 is 17.3 Å². The van der Waals surface area contributed by atoms with Gasteiger partial charge in [-0.25, -0.2) is 4.39 Å². The van der Waals surface area contributed by atoms with Crippen molar-refractivity contribution < 1.29 is 22.4 Å². The lowest BCUT2D eigenvalue weighted by Crippen LogP contribution is -2.36. The maximum Gasteiger partial charge on any atom is 0.416 e. The topological polar surface area (TPSA) is 80.4 Å². The Balaban J connectivity index is 1.89. The number of carbonyl (C=O) groups is 1. The van der Waals surface area contributed by atoms with Crippen molar-refractivity contribution in [2.45, 2.75) is 19.0 Å². The minimum Gasteiger partial charge on any atom is -0.404 e. The molecule has 0 unspecified atom stereocenters. The fourth-order valence-corrected chi connectivity index (χ4v) is 2.81. The number of halogens is 4. The number of nitrogens with zero attached hydrogens (tertiary/aromatic N) is 2. The number of hydrogen-bond donors (Lipinski definition) is 2. The van der Waals surface area contributed by atoms with Crippen LogP contribution in [-0.2, 0) is 17.4 Å².